The first-order chi connectivity index (χ1) is 15.9. The average Bonchev–Trinajstić information content (AvgIpc) is 2.84. The molecule has 1 aliphatic carbocycles. The van der Waals surface area contributed by atoms with Gasteiger partial charge < -0.3 is 19.9 Å². The zero-order valence-corrected chi connectivity index (χ0v) is 21.1. The standard InChI is InChI=1S/C26H34BrFN2O3/c1-25(30-14-12-29-13-15-30,26(31)10-4-3-5-11-26)20-7-9-23(24(16-20)32-2)33-18-19-6-8-21(27)17-22(19)28/h6-9,16-17,29,31H,3-5,10-15,18H2,1-2H3. The second-order valence-corrected chi connectivity index (χ2v) is 10.2. The Labute approximate surface area is 204 Å². The normalized spacial score (nSPS) is 20.8. The van der Waals surface area contributed by atoms with Crippen molar-refractivity contribution in [1.29, 1.82) is 0 Å². The number of nitrogens with one attached hydrogen (secondary N) is 1. The maximum absolute atomic E-state index is 14.2. The highest BCUT2D eigenvalue weighted by Crippen LogP contribution is 2.48. The van der Waals surface area contributed by atoms with Crippen LogP contribution in [-0.4, -0.2) is 48.9 Å². The quantitative estimate of drug-likeness (QED) is 0.538. The van der Waals surface area contributed by atoms with Crippen LogP contribution in [0.1, 0.15) is 50.2 Å². The number of piperazine rings is 1. The van der Waals surface area contributed by atoms with Gasteiger partial charge in [-0.15, -0.1) is 0 Å². The third-order valence-corrected chi connectivity index (χ3v) is 7.95. The number of ether oxygens (including phenoxy) is 2. The Kier molecular flexibility index (Phi) is 7.63. The number of nitrogens with zero attached hydrogens (tertiary/aromatic N) is 1. The molecule has 180 valence electrons. The van der Waals surface area contributed by atoms with Gasteiger partial charge in [0.25, 0.3) is 0 Å². The number of rotatable bonds is 7. The number of hydrogen-bond acceptors (Lipinski definition) is 5. The van der Waals surface area contributed by atoms with Gasteiger partial charge in [0.05, 0.1) is 18.2 Å². The van der Waals surface area contributed by atoms with E-state index in [1.54, 1.807) is 19.2 Å². The molecular weight excluding hydrogens is 487 g/mol. The fourth-order valence-electron chi connectivity index (χ4n) is 5.36. The van der Waals surface area contributed by atoms with Crippen LogP contribution in [0.2, 0.25) is 0 Å². The molecule has 0 spiro atoms. The molecule has 0 amide bonds. The van der Waals surface area contributed by atoms with Crippen molar-refractivity contribution >= 4 is 15.9 Å². The lowest BCUT2D eigenvalue weighted by molar-refractivity contribution is -0.134. The molecule has 1 saturated heterocycles. The van der Waals surface area contributed by atoms with Gasteiger partial charge in [-0.25, -0.2) is 4.39 Å². The second kappa shape index (κ2) is 10.3. The van der Waals surface area contributed by atoms with E-state index in [0.29, 0.717) is 21.5 Å². The Morgan fingerprint density at radius 2 is 1.82 bits per heavy atom. The Hall–Kier alpha value is -1.67. The first-order valence-corrected chi connectivity index (χ1v) is 12.6. The summed E-state index contributed by atoms with van der Waals surface area (Å²) in [7, 11) is 1.61. The molecule has 1 saturated carbocycles. The maximum Gasteiger partial charge on any atom is 0.161 e. The van der Waals surface area contributed by atoms with Gasteiger partial charge in [0.15, 0.2) is 11.5 Å². The largest absolute Gasteiger partial charge is 0.493 e. The smallest absolute Gasteiger partial charge is 0.161 e. The van der Waals surface area contributed by atoms with Crippen LogP contribution < -0.4 is 14.8 Å². The van der Waals surface area contributed by atoms with Gasteiger partial charge in [-0.3, -0.25) is 4.90 Å². The van der Waals surface area contributed by atoms with Gasteiger partial charge in [0.2, 0.25) is 0 Å². The molecule has 2 N–H and O–H groups in total. The lowest BCUT2D eigenvalue weighted by Crippen LogP contribution is -2.64. The summed E-state index contributed by atoms with van der Waals surface area (Å²) in [6.07, 6.45) is 4.82. The summed E-state index contributed by atoms with van der Waals surface area (Å²) in [6, 6.07) is 10.8. The summed E-state index contributed by atoms with van der Waals surface area (Å²) >= 11 is 3.28. The van der Waals surface area contributed by atoms with E-state index in [9.17, 15) is 9.50 Å². The van der Waals surface area contributed by atoms with Crippen LogP contribution in [-0.2, 0) is 12.1 Å². The summed E-state index contributed by atoms with van der Waals surface area (Å²) < 4.78 is 26.6. The van der Waals surface area contributed by atoms with Gasteiger partial charge in [0, 0.05) is 36.2 Å². The predicted octanol–water partition coefficient (Wildman–Crippen LogP) is 4.99. The highest BCUT2D eigenvalue weighted by Gasteiger charge is 2.52. The number of benzene rings is 2. The van der Waals surface area contributed by atoms with E-state index in [1.807, 2.05) is 18.2 Å². The predicted molar refractivity (Wildman–Crippen MR) is 131 cm³/mol. The van der Waals surface area contributed by atoms with E-state index in [-0.39, 0.29) is 12.4 Å². The van der Waals surface area contributed by atoms with Crippen molar-refractivity contribution < 1.29 is 19.0 Å². The summed E-state index contributed by atoms with van der Waals surface area (Å²) in [6.45, 7) is 5.85. The van der Waals surface area contributed by atoms with Gasteiger partial charge >= 0.3 is 0 Å². The third kappa shape index (κ3) is 4.92. The summed E-state index contributed by atoms with van der Waals surface area (Å²) in [4.78, 5) is 2.42. The van der Waals surface area contributed by atoms with Crippen molar-refractivity contribution in [2.24, 2.45) is 0 Å². The van der Waals surface area contributed by atoms with Gasteiger partial charge in [-0.1, -0.05) is 47.3 Å². The van der Waals surface area contributed by atoms with Crippen molar-refractivity contribution in [1.82, 2.24) is 10.2 Å². The molecule has 0 aromatic heterocycles. The van der Waals surface area contributed by atoms with E-state index in [1.165, 1.54) is 12.5 Å². The van der Waals surface area contributed by atoms with Gasteiger partial charge in [0.1, 0.15) is 12.4 Å². The Morgan fingerprint density at radius 3 is 2.48 bits per heavy atom. The van der Waals surface area contributed by atoms with Crippen molar-refractivity contribution in [3.05, 3.63) is 57.8 Å². The molecule has 1 atom stereocenters. The second-order valence-electron chi connectivity index (χ2n) is 9.29. The Bertz CT molecular complexity index is 961. The molecule has 2 aromatic carbocycles. The summed E-state index contributed by atoms with van der Waals surface area (Å²) in [5.74, 6) is 0.832. The van der Waals surface area contributed by atoms with E-state index < -0.39 is 11.1 Å². The molecule has 1 unspecified atom stereocenters. The van der Waals surface area contributed by atoms with Crippen LogP contribution in [0.5, 0.6) is 11.5 Å². The zero-order valence-electron chi connectivity index (χ0n) is 19.5. The Morgan fingerprint density at radius 1 is 1.09 bits per heavy atom. The lowest BCUT2D eigenvalue weighted by Gasteiger charge is -2.54. The maximum atomic E-state index is 14.2. The fourth-order valence-corrected chi connectivity index (χ4v) is 5.70. The molecule has 5 nitrogen and oxygen atoms in total. The SMILES string of the molecule is COc1cc(C(C)(N2CCNCC2)C2(O)CCCCC2)ccc1OCc1ccc(Br)cc1F. The molecule has 0 bridgehead atoms. The van der Waals surface area contributed by atoms with Crippen LogP contribution in [0.4, 0.5) is 4.39 Å². The van der Waals surface area contributed by atoms with Gasteiger partial charge in [-0.2, -0.15) is 0 Å². The molecule has 2 fully saturated rings. The van der Waals surface area contributed by atoms with Crippen molar-refractivity contribution in [2.45, 2.75) is 56.8 Å². The molecule has 2 aromatic rings. The molecule has 33 heavy (non-hydrogen) atoms. The Balaban J connectivity index is 1.65. The van der Waals surface area contributed by atoms with E-state index in [2.05, 4.69) is 33.1 Å². The lowest BCUT2D eigenvalue weighted by atomic mass is 9.67. The summed E-state index contributed by atoms with van der Waals surface area (Å²) in [5, 5.41) is 15.4. The van der Waals surface area contributed by atoms with Crippen LogP contribution in [0.15, 0.2) is 40.9 Å². The topological polar surface area (TPSA) is 54.0 Å². The molecule has 1 aliphatic heterocycles. The van der Waals surface area contributed by atoms with E-state index in [4.69, 9.17) is 9.47 Å². The average molecular weight is 521 g/mol. The van der Waals surface area contributed by atoms with Crippen molar-refractivity contribution in [3.63, 3.8) is 0 Å². The molecule has 0 radical (unpaired) electrons. The number of halogens is 2. The van der Waals surface area contributed by atoms with Crippen LogP contribution >= 0.6 is 15.9 Å². The molecule has 4 rings (SSSR count). The number of methoxy groups -OCH3 is 1. The minimum atomic E-state index is -0.809. The van der Waals surface area contributed by atoms with Gasteiger partial charge in [-0.05, 0) is 49.6 Å². The highest BCUT2D eigenvalue weighted by molar-refractivity contribution is 9.10. The van der Waals surface area contributed by atoms with E-state index >= 15 is 0 Å². The van der Waals surface area contributed by atoms with Crippen molar-refractivity contribution in [3.8, 4) is 11.5 Å². The van der Waals surface area contributed by atoms with Crippen LogP contribution in [0.25, 0.3) is 0 Å². The first kappa shape index (κ1) is 24.5. The fraction of sp³-hybridized carbons (Fsp3) is 0.538. The monoisotopic (exact) mass is 520 g/mol. The summed E-state index contributed by atoms with van der Waals surface area (Å²) in [5.41, 5.74) is 0.148. The third-order valence-electron chi connectivity index (χ3n) is 7.46. The molecule has 1 heterocycles. The zero-order chi connectivity index (χ0) is 23.5. The van der Waals surface area contributed by atoms with E-state index in [0.717, 1.165) is 57.4 Å². The highest BCUT2D eigenvalue weighted by atomic mass is 79.9. The minimum absolute atomic E-state index is 0.105. The van der Waals surface area contributed by atoms with Crippen molar-refractivity contribution in [2.75, 3.05) is 33.3 Å². The molecular formula is C26H34BrFN2O3. The molecule has 7 heteroatoms. The number of hydrogen-bond donors (Lipinski definition) is 2. The first-order valence-electron chi connectivity index (χ1n) is 11.8. The number of aliphatic hydroxyl groups is 1. The molecule has 2 aliphatic rings. The van der Waals surface area contributed by atoms with Crippen LogP contribution in [0.3, 0.4) is 0 Å². The van der Waals surface area contributed by atoms with Crippen LogP contribution in [0, 0.1) is 5.82 Å². The minimum Gasteiger partial charge on any atom is -0.493 e.